The lowest BCUT2D eigenvalue weighted by atomic mass is 10.3. The summed E-state index contributed by atoms with van der Waals surface area (Å²) in [6.45, 7) is 7.71. The molecule has 1 fully saturated rings. The lowest BCUT2D eigenvalue weighted by molar-refractivity contribution is 0.582. The SMILES string of the molecule is CC(C)N(C)c1nc2nc(N3CCNCC3)[nH]c2c(=O)n1C. The number of piperazine rings is 1. The maximum Gasteiger partial charge on any atom is 0.280 e. The van der Waals surface area contributed by atoms with Gasteiger partial charge in [0.05, 0.1) is 0 Å². The third-order valence-electron chi connectivity index (χ3n) is 4.20. The number of anilines is 2. The second kappa shape index (κ2) is 5.60. The van der Waals surface area contributed by atoms with E-state index < -0.39 is 0 Å². The van der Waals surface area contributed by atoms with Crippen molar-refractivity contribution in [2.75, 3.05) is 43.0 Å². The van der Waals surface area contributed by atoms with E-state index >= 15 is 0 Å². The molecule has 1 saturated heterocycles. The van der Waals surface area contributed by atoms with Crippen molar-refractivity contribution in [3.63, 3.8) is 0 Å². The van der Waals surface area contributed by atoms with Crippen molar-refractivity contribution < 1.29 is 0 Å². The molecule has 0 aliphatic carbocycles. The Bertz CT molecular complexity index is 727. The third-order valence-corrected chi connectivity index (χ3v) is 4.20. The summed E-state index contributed by atoms with van der Waals surface area (Å²) in [5, 5.41) is 3.30. The van der Waals surface area contributed by atoms with Gasteiger partial charge in [-0.3, -0.25) is 9.36 Å². The van der Waals surface area contributed by atoms with E-state index in [1.807, 2.05) is 11.9 Å². The Labute approximate surface area is 129 Å². The van der Waals surface area contributed by atoms with Crippen LogP contribution < -0.4 is 20.7 Å². The molecule has 0 bridgehead atoms. The van der Waals surface area contributed by atoms with Gasteiger partial charge in [0.15, 0.2) is 11.2 Å². The van der Waals surface area contributed by atoms with Crippen LogP contribution in [0.15, 0.2) is 4.79 Å². The minimum absolute atomic E-state index is 0.0959. The number of fused-ring (bicyclic) bond motifs is 1. The van der Waals surface area contributed by atoms with E-state index in [1.165, 1.54) is 0 Å². The largest absolute Gasteiger partial charge is 0.343 e. The minimum atomic E-state index is -0.0959. The molecule has 2 aromatic heterocycles. The first-order valence-electron chi connectivity index (χ1n) is 7.64. The lowest BCUT2D eigenvalue weighted by Crippen LogP contribution is -2.44. The number of imidazole rings is 1. The van der Waals surface area contributed by atoms with Crippen LogP contribution in [0.1, 0.15) is 13.8 Å². The van der Waals surface area contributed by atoms with Gasteiger partial charge in [-0.05, 0) is 13.8 Å². The lowest BCUT2D eigenvalue weighted by Gasteiger charge is -2.26. The Hall–Kier alpha value is -2.09. The number of rotatable bonds is 3. The van der Waals surface area contributed by atoms with E-state index in [0.717, 1.165) is 32.1 Å². The van der Waals surface area contributed by atoms with Crippen LogP contribution in [0.3, 0.4) is 0 Å². The second-order valence-electron chi connectivity index (χ2n) is 5.98. The Morgan fingerprint density at radius 3 is 2.55 bits per heavy atom. The molecule has 120 valence electrons. The van der Waals surface area contributed by atoms with Crippen molar-refractivity contribution >= 4 is 23.1 Å². The van der Waals surface area contributed by atoms with E-state index in [0.29, 0.717) is 17.1 Å². The summed E-state index contributed by atoms with van der Waals surface area (Å²) in [5.74, 6) is 1.36. The molecule has 3 rings (SSSR count). The summed E-state index contributed by atoms with van der Waals surface area (Å²) in [6.07, 6.45) is 0. The molecule has 0 radical (unpaired) electrons. The summed E-state index contributed by atoms with van der Waals surface area (Å²) in [6, 6.07) is 0.252. The normalized spacial score (nSPS) is 15.8. The van der Waals surface area contributed by atoms with Crippen molar-refractivity contribution in [1.29, 1.82) is 0 Å². The van der Waals surface area contributed by atoms with Gasteiger partial charge in [-0.15, -0.1) is 0 Å². The zero-order valence-electron chi connectivity index (χ0n) is 13.6. The summed E-state index contributed by atoms with van der Waals surface area (Å²) in [4.78, 5) is 28.9. The molecule has 0 atom stereocenters. The van der Waals surface area contributed by atoms with Gasteiger partial charge in [0.1, 0.15) is 0 Å². The maximum atomic E-state index is 12.6. The molecule has 0 unspecified atom stereocenters. The highest BCUT2D eigenvalue weighted by atomic mass is 16.1. The van der Waals surface area contributed by atoms with Gasteiger partial charge in [0.25, 0.3) is 5.56 Å². The molecule has 8 nitrogen and oxygen atoms in total. The molecular weight excluding hydrogens is 282 g/mol. The van der Waals surface area contributed by atoms with E-state index in [4.69, 9.17) is 0 Å². The average Bonchev–Trinajstić information content (AvgIpc) is 2.95. The number of nitrogens with one attached hydrogen (secondary N) is 2. The first-order valence-corrected chi connectivity index (χ1v) is 7.64. The fourth-order valence-corrected chi connectivity index (χ4v) is 2.58. The van der Waals surface area contributed by atoms with Crippen molar-refractivity contribution in [1.82, 2.24) is 24.8 Å². The van der Waals surface area contributed by atoms with E-state index in [-0.39, 0.29) is 11.6 Å². The molecule has 0 saturated carbocycles. The molecule has 0 amide bonds. The first-order chi connectivity index (χ1) is 10.5. The molecule has 1 aliphatic rings. The van der Waals surface area contributed by atoms with Crippen molar-refractivity contribution in [3.05, 3.63) is 10.4 Å². The Balaban J connectivity index is 2.08. The summed E-state index contributed by atoms with van der Waals surface area (Å²) < 4.78 is 1.57. The fraction of sp³-hybridized carbons (Fsp3) is 0.643. The highest BCUT2D eigenvalue weighted by Gasteiger charge is 2.19. The van der Waals surface area contributed by atoms with Crippen LogP contribution in [0.5, 0.6) is 0 Å². The van der Waals surface area contributed by atoms with Crippen LogP contribution in [0.4, 0.5) is 11.9 Å². The van der Waals surface area contributed by atoms with Gasteiger partial charge in [-0.25, -0.2) is 0 Å². The van der Waals surface area contributed by atoms with Crippen LogP contribution in [-0.2, 0) is 7.05 Å². The topological polar surface area (TPSA) is 82.1 Å². The smallest absolute Gasteiger partial charge is 0.280 e. The van der Waals surface area contributed by atoms with Crippen LogP contribution >= 0.6 is 0 Å². The summed E-state index contributed by atoms with van der Waals surface area (Å²) in [5.41, 5.74) is 0.859. The molecular formula is C14H23N7O. The summed E-state index contributed by atoms with van der Waals surface area (Å²) in [7, 11) is 3.68. The van der Waals surface area contributed by atoms with Gasteiger partial charge < -0.3 is 20.1 Å². The van der Waals surface area contributed by atoms with Gasteiger partial charge in [0.2, 0.25) is 11.9 Å². The number of H-pyrrole nitrogens is 1. The first kappa shape index (κ1) is 14.8. The molecule has 0 aromatic carbocycles. The predicted molar refractivity (Wildman–Crippen MR) is 87.8 cm³/mol. The minimum Gasteiger partial charge on any atom is -0.343 e. The molecule has 2 aromatic rings. The Kier molecular flexibility index (Phi) is 3.78. The third kappa shape index (κ3) is 2.43. The molecule has 0 spiro atoms. The second-order valence-corrected chi connectivity index (χ2v) is 5.98. The number of hydrogen-bond acceptors (Lipinski definition) is 6. The number of aromatic amines is 1. The zero-order chi connectivity index (χ0) is 15.9. The van der Waals surface area contributed by atoms with Gasteiger partial charge in [0, 0.05) is 46.3 Å². The monoisotopic (exact) mass is 305 g/mol. The van der Waals surface area contributed by atoms with Crippen LogP contribution in [0, 0.1) is 0 Å². The highest BCUT2D eigenvalue weighted by Crippen LogP contribution is 2.17. The maximum absolute atomic E-state index is 12.6. The van der Waals surface area contributed by atoms with Crippen molar-refractivity contribution in [3.8, 4) is 0 Å². The zero-order valence-corrected chi connectivity index (χ0v) is 13.6. The van der Waals surface area contributed by atoms with Crippen molar-refractivity contribution in [2.45, 2.75) is 19.9 Å². The quantitative estimate of drug-likeness (QED) is 0.825. The number of hydrogen-bond donors (Lipinski definition) is 2. The summed E-state index contributed by atoms with van der Waals surface area (Å²) >= 11 is 0. The van der Waals surface area contributed by atoms with E-state index in [2.05, 4.69) is 39.0 Å². The molecule has 2 N–H and O–H groups in total. The molecule has 3 heterocycles. The van der Waals surface area contributed by atoms with Gasteiger partial charge in [-0.2, -0.15) is 9.97 Å². The molecule has 8 heteroatoms. The Morgan fingerprint density at radius 2 is 1.91 bits per heavy atom. The molecule has 1 aliphatic heterocycles. The highest BCUT2D eigenvalue weighted by molar-refractivity contribution is 5.74. The van der Waals surface area contributed by atoms with E-state index in [9.17, 15) is 4.79 Å². The molecule has 22 heavy (non-hydrogen) atoms. The van der Waals surface area contributed by atoms with Crippen LogP contribution in [0.25, 0.3) is 11.2 Å². The Morgan fingerprint density at radius 1 is 1.23 bits per heavy atom. The average molecular weight is 305 g/mol. The predicted octanol–water partition coefficient (Wildman–Crippen LogP) is -0.0892. The van der Waals surface area contributed by atoms with Crippen LogP contribution in [0.2, 0.25) is 0 Å². The van der Waals surface area contributed by atoms with Crippen molar-refractivity contribution in [2.24, 2.45) is 7.05 Å². The fourth-order valence-electron chi connectivity index (χ4n) is 2.58. The standard InChI is InChI=1S/C14H23N7O/c1-9(2)19(3)14-18-11-10(12(22)20(14)4)16-13(17-11)21-7-5-15-6-8-21/h9,15H,5-8H2,1-4H3,(H,16,17). The number of aromatic nitrogens is 4. The van der Waals surface area contributed by atoms with E-state index in [1.54, 1.807) is 11.6 Å². The number of nitrogens with zero attached hydrogens (tertiary/aromatic N) is 5. The van der Waals surface area contributed by atoms with Crippen LogP contribution in [-0.4, -0.2) is 58.8 Å². The van der Waals surface area contributed by atoms with Gasteiger partial charge in [-0.1, -0.05) is 0 Å². The van der Waals surface area contributed by atoms with Gasteiger partial charge >= 0.3 is 0 Å².